The fraction of sp³-hybridized carbons (Fsp3) is 0.130. The second kappa shape index (κ2) is 9.95. The molecule has 3 aromatic carbocycles. The van der Waals surface area contributed by atoms with Crippen LogP contribution in [0.2, 0.25) is 0 Å². The van der Waals surface area contributed by atoms with Crippen LogP contribution in [-0.2, 0) is 12.8 Å². The van der Waals surface area contributed by atoms with Crippen LogP contribution in [0.25, 0.3) is 0 Å². The van der Waals surface area contributed by atoms with E-state index in [1.807, 2.05) is 31.2 Å². The van der Waals surface area contributed by atoms with Crippen molar-refractivity contribution in [3.05, 3.63) is 98.1 Å². The number of nitrogens with zero attached hydrogens (tertiary/aromatic N) is 1. The zero-order valence-corrected chi connectivity index (χ0v) is 18.6. The number of nitrogens with one attached hydrogen (secondary N) is 1. The first-order chi connectivity index (χ1) is 14.7. The van der Waals surface area contributed by atoms with Crippen LogP contribution >= 0.6 is 22.6 Å². The predicted molar refractivity (Wildman–Crippen MR) is 121 cm³/mol. The summed E-state index contributed by atoms with van der Waals surface area (Å²) in [5.41, 5.74) is 4.16. The van der Waals surface area contributed by atoms with Crippen LogP contribution in [0.4, 0.5) is 13.2 Å². The monoisotopic (exact) mass is 538 g/mol. The number of amides is 1. The standard InChI is InChI=1S/C23H18F3IN2O2/c1-15-4-2-5-17(10-15)14-31-21-9-8-16(11-20(21)27)13-28-29-22(30)18-6-3-7-19(12-18)23(24,25)26/h2-13H,14H2,1H3,(H,29,30)/b28-13-. The average molecular weight is 538 g/mol. The Kier molecular flexibility index (Phi) is 7.32. The van der Waals surface area contributed by atoms with Gasteiger partial charge in [0.15, 0.2) is 0 Å². The topological polar surface area (TPSA) is 50.7 Å². The van der Waals surface area contributed by atoms with Crippen LogP contribution in [0.5, 0.6) is 5.75 Å². The molecule has 3 rings (SSSR count). The van der Waals surface area contributed by atoms with Gasteiger partial charge in [-0.15, -0.1) is 0 Å². The molecular formula is C23H18F3IN2O2. The minimum Gasteiger partial charge on any atom is -0.488 e. The molecule has 160 valence electrons. The molecule has 0 unspecified atom stereocenters. The van der Waals surface area contributed by atoms with Crippen molar-refractivity contribution in [1.29, 1.82) is 0 Å². The van der Waals surface area contributed by atoms with E-state index in [9.17, 15) is 18.0 Å². The predicted octanol–water partition coefficient (Wildman–Crippen LogP) is 5.96. The summed E-state index contributed by atoms with van der Waals surface area (Å²) in [6, 6.07) is 17.6. The number of ether oxygens (including phenoxy) is 1. The van der Waals surface area contributed by atoms with Crippen LogP contribution in [0.1, 0.15) is 32.6 Å². The summed E-state index contributed by atoms with van der Waals surface area (Å²) in [7, 11) is 0. The third-order valence-electron chi connectivity index (χ3n) is 4.26. The molecule has 8 heteroatoms. The van der Waals surface area contributed by atoms with Gasteiger partial charge >= 0.3 is 6.18 Å². The van der Waals surface area contributed by atoms with Crippen LogP contribution in [0.3, 0.4) is 0 Å². The second-order valence-electron chi connectivity index (χ2n) is 6.75. The number of hydrazone groups is 1. The van der Waals surface area contributed by atoms with Gasteiger partial charge < -0.3 is 4.74 Å². The Labute approximate surface area is 191 Å². The van der Waals surface area contributed by atoms with Crippen molar-refractivity contribution in [3.63, 3.8) is 0 Å². The van der Waals surface area contributed by atoms with Gasteiger partial charge in [0.25, 0.3) is 5.91 Å². The lowest BCUT2D eigenvalue weighted by Crippen LogP contribution is -2.18. The largest absolute Gasteiger partial charge is 0.488 e. The Morgan fingerprint density at radius 2 is 1.87 bits per heavy atom. The summed E-state index contributed by atoms with van der Waals surface area (Å²) in [4.78, 5) is 12.1. The minimum atomic E-state index is -4.51. The highest BCUT2D eigenvalue weighted by Crippen LogP contribution is 2.29. The summed E-state index contributed by atoms with van der Waals surface area (Å²) < 4.78 is 45.0. The molecule has 0 saturated heterocycles. The van der Waals surface area contributed by atoms with Crippen molar-refractivity contribution >= 4 is 34.7 Å². The van der Waals surface area contributed by atoms with E-state index in [0.29, 0.717) is 17.9 Å². The van der Waals surface area contributed by atoms with Gasteiger partial charge in [-0.3, -0.25) is 4.79 Å². The highest BCUT2D eigenvalue weighted by atomic mass is 127. The summed E-state index contributed by atoms with van der Waals surface area (Å²) >= 11 is 2.14. The highest BCUT2D eigenvalue weighted by Gasteiger charge is 2.30. The fourth-order valence-electron chi connectivity index (χ4n) is 2.74. The molecule has 1 amide bonds. The molecule has 0 aromatic heterocycles. The number of carbonyl (C=O) groups is 1. The SMILES string of the molecule is Cc1cccc(COc2ccc(/C=N\NC(=O)c3cccc(C(F)(F)F)c3)cc2I)c1. The van der Waals surface area contributed by atoms with Crippen molar-refractivity contribution in [2.24, 2.45) is 5.10 Å². The molecule has 0 fully saturated rings. The molecule has 31 heavy (non-hydrogen) atoms. The third kappa shape index (κ3) is 6.55. The van der Waals surface area contributed by atoms with Crippen molar-refractivity contribution in [2.75, 3.05) is 0 Å². The molecule has 0 spiro atoms. The van der Waals surface area contributed by atoms with Gasteiger partial charge in [-0.1, -0.05) is 35.9 Å². The maximum absolute atomic E-state index is 12.8. The Hall–Kier alpha value is -2.88. The normalized spacial score (nSPS) is 11.5. The number of benzene rings is 3. The summed E-state index contributed by atoms with van der Waals surface area (Å²) in [5, 5.41) is 3.83. The number of alkyl halides is 3. The molecule has 0 saturated carbocycles. The first kappa shape index (κ1) is 22.8. The number of hydrogen-bond acceptors (Lipinski definition) is 3. The maximum Gasteiger partial charge on any atom is 0.416 e. The Morgan fingerprint density at radius 1 is 1.10 bits per heavy atom. The molecule has 1 N–H and O–H groups in total. The minimum absolute atomic E-state index is 0.124. The molecule has 0 heterocycles. The zero-order valence-electron chi connectivity index (χ0n) is 16.4. The van der Waals surface area contributed by atoms with Crippen molar-refractivity contribution in [1.82, 2.24) is 5.43 Å². The van der Waals surface area contributed by atoms with Crippen molar-refractivity contribution in [3.8, 4) is 5.75 Å². The lowest BCUT2D eigenvalue weighted by Gasteiger charge is -2.09. The van der Waals surface area contributed by atoms with E-state index in [1.54, 1.807) is 12.1 Å². The quantitative estimate of drug-likeness (QED) is 0.239. The van der Waals surface area contributed by atoms with E-state index < -0.39 is 17.6 Å². The van der Waals surface area contributed by atoms with Gasteiger partial charge in [-0.25, -0.2) is 5.43 Å². The molecular weight excluding hydrogens is 520 g/mol. The van der Waals surface area contributed by atoms with Gasteiger partial charge in [-0.2, -0.15) is 18.3 Å². The molecule has 0 aliphatic heterocycles. The number of halogens is 4. The maximum atomic E-state index is 12.8. The first-order valence-electron chi connectivity index (χ1n) is 9.21. The van der Waals surface area contributed by atoms with Crippen LogP contribution < -0.4 is 10.2 Å². The van der Waals surface area contributed by atoms with E-state index >= 15 is 0 Å². The molecule has 0 radical (unpaired) electrons. The molecule has 4 nitrogen and oxygen atoms in total. The summed E-state index contributed by atoms with van der Waals surface area (Å²) in [6.07, 6.45) is -3.10. The van der Waals surface area contributed by atoms with Gasteiger partial charge in [0, 0.05) is 5.56 Å². The van der Waals surface area contributed by atoms with Gasteiger partial charge in [-0.05, 0) is 77.0 Å². The van der Waals surface area contributed by atoms with E-state index in [0.717, 1.165) is 26.8 Å². The molecule has 3 aromatic rings. The molecule has 0 aliphatic carbocycles. The molecule has 0 aliphatic rings. The third-order valence-corrected chi connectivity index (χ3v) is 5.11. The number of hydrogen-bond donors (Lipinski definition) is 1. The lowest BCUT2D eigenvalue weighted by atomic mass is 10.1. The Morgan fingerprint density at radius 3 is 2.58 bits per heavy atom. The number of aryl methyl sites for hydroxylation is 1. The van der Waals surface area contributed by atoms with Crippen LogP contribution in [-0.4, -0.2) is 12.1 Å². The van der Waals surface area contributed by atoms with E-state index in [4.69, 9.17) is 4.74 Å². The van der Waals surface area contributed by atoms with Crippen LogP contribution in [0.15, 0.2) is 71.8 Å². The van der Waals surface area contributed by atoms with Gasteiger partial charge in [0.05, 0.1) is 15.3 Å². The second-order valence-corrected chi connectivity index (χ2v) is 7.91. The molecule has 0 atom stereocenters. The van der Waals surface area contributed by atoms with Gasteiger partial charge in [0.1, 0.15) is 12.4 Å². The van der Waals surface area contributed by atoms with Crippen molar-refractivity contribution < 1.29 is 22.7 Å². The summed E-state index contributed by atoms with van der Waals surface area (Å²) in [5.74, 6) is -0.0117. The van der Waals surface area contributed by atoms with Crippen LogP contribution in [0, 0.1) is 10.5 Å². The van der Waals surface area contributed by atoms with E-state index in [1.165, 1.54) is 18.3 Å². The number of carbonyl (C=O) groups excluding carboxylic acids is 1. The Balaban J connectivity index is 1.60. The Bertz CT molecular complexity index is 1110. The lowest BCUT2D eigenvalue weighted by molar-refractivity contribution is -0.137. The van der Waals surface area contributed by atoms with E-state index in [-0.39, 0.29) is 5.56 Å². The fourth-order valence-corrected chi connectivity index (χ4v) is 3.44. The van der Waals surface area contributed by atoms with E-state index in [2.05, 4.69) is 39.2 Å². The highest BCUT2D eigenvalue weighted by molar-refractivity contribution is 14.1. The van der Waals surface area contributed by atoms with Crippen molar-refractivity contribution in [2.45, 2.75) is 19.7 Å². The summed E-state index contributed by atoms with van der Waals surface area (Å²) in [6.45, 7) is 2.46. The number of rotatable bonds is 6. The first-order valence-corrected chi connectivity index (χ1v) is 10.3. The van der Waals surface area contributed by atoms with Gasteiger partial charge in [0.2, 0.25) is 0 Å². The zero-order chi connectivity index (χ0) is 22.4. The smallest absolute Gasteiger partial charge is 0.416 e. The average Bonchev–Trinajstić information content (AvgIpc) is 2.72. The molecule has 0 bridgehead atoms.